The molecule has 0 aromatic heterocycles. The molecule has 0 radical (unpaired) electrons. The number of carbonyl (C=O) groups excluding carboxylic acids is 2. The Morgan fingerprint density at radius 1 is 1.15 bits per heavy atom. The van der Waals surface area contributed by atoms with Crippen LogP contribution in [-0.4, -0.2) is 64.4 Å². The number of benzene rings is 1. The number of sulfonamides is 1. The molecule has 1 fully saturated rings. The second-order valence-electron chi connectivity index (χ2n) is 6.47. The number of methoxy groups -OCH3 is 1. The molecule has 1 aliphatic heterocycles. The normalized spacial score (nSPS) is 15.3. The number of nitrogens with zero attached hydrogens (tertiary/aromatic N) is 1. The summed E-state index contributed by atoms with van der Waals surface area (Å²) in [5, 5.41) is 5.10. The number of amides is 2. The molecule has 1 heterocycles. The van der Waals surface area contributed by atoms with Gasteiger partial charge in [0.1, 0.15) is 0 Å². The number of carbonyl (C=O) groups is 2. The lowest BCUT2D eigenvalue weighted by atomic mass is 10.1. The predicted octanol–water partition coefficient (Wildman–Crippen LogP) is 0.662. The summed E-state index contributed by atoms with van der Waals surface area (Å²) in [5.41, 5.74) is 0.801. The van der Waals surface area contributed by atoms with E-state index in [0.717, 1.165) is 19.3 Å². The Morgan fingerprint density at radius 2 is 1.85 bits per heavy atom. The third-order valence-corrected chi connectivity index (χ3v) is 6.46. The number of hydrogen-bond donors (Lipinski definition) is 2. The molecule has 0 saturated carbocycles. The van der Waals surface area contributed by atoms with Crippen molar-refractivity contribution in [1.82, 2.24) is 14.9 Å². The molecule has 1 aromatic rings. The van der Waals surface area contributed by atoms with Gasteiger partial charge in [-0.05, 0) is 37.5 Å². The third-order valence-electron chi connectivity index (χ3n) is 4.42. The van der Waals surface area contributed by atoms with Gasteiger partial charge in [0.15, 0.2) is 0 Å². The average molecular weight is 397 g/mol. The Kier molecular flexibility index (Phi) is 7.76. The summed E-state index contributed by atoms with van der Waals surface area (Å²) in [7, 11) is -2.11. The van der Waals surface area contributed by atoms with E-state index >= 15 is 0 Å². The second-order valence-corrected chi connectivity index (χ2v) is 8.38. The number of rotatable bonds is 8. The van der Waals surface area contributed by atoms with Crippen LogP contribution in [0.4, 0.5) is 0 Å². The van der Waals surface area contributed by atoms with E-state index in [1.54, 1.807) is 19.1 Å². The zero-order valence-corrected chi connectivity index (χ0v) is 16.6. The fourth-order valence-corrected chi connectivity index (χ4v) is 4.65. The van der Waals surface area contributed by atoms with Gasteiger partial charge >= 0.3 is 0 Å². The lowest BCUT2D eigenvalue weighted by molar-refractivity contribution is -0.120. The zero-order valence-electron chi connectivity index (χ0n) is 15.8. The molecule has 1 aromatic carbocycles. The molecular formula is C18H27N3O5S. The number of ether oxygens (including phenoxy) is 1. The van der Waals surface area contributed by atoms with Crippen molar-refractivity contribution in [2.45, 2.75) is 31.1 Å². The van der Waals surface area contributed by atoms with Crippen molar-refractivity contribution in [2.75, 3.05) is 39.9 Å². The fraction of sp³-hybridized carbons (Fsp3) is 0.556. The molecule has 2 rings (SSSR count). The van der Waals surface area contributed by atoms with Crippen LogP contribution in [0.15, 0.2) is 23.1 Å². The molecule has 2 amide bonds. The van der Waals surface area contributed by atoms with Crippen molar-refractivity contribution in [3.63, 3.8) is 0 Å². The van der Waals surface area contributed by atoms with Gasteiger partial charge in [-0.1, -0.05) is 12.5 Å². The van der Waals surface area contributed by atoms with Gasteiger partial charge in [0.05, 0.1) is 18.0 Å². The number of piperidine rings is 1. The summed E-state index contributed by atoms with van der Waals surface area (Å²) in [6, 6.07) is 4.56. The molecule has 2 N–H and O–H groups in total. The largest absolute Gasteiger partial charge is 0.383 e. The third kappa shape index (κ3) is 5.75. The van der Waals surface area contributed by atoms with Crippen LogP contribution in [0.2, 0.25) is 0 Å². The van der Waals surface area contributed by atoms with Gasteiger partial charge in [-0.25, -0.2) is 8.42 Å². The lowest BCUT2D eigenvalue weighted by Crippen LogP contribution is -2.38. The van der Waals surface area contributed by atoms with E-state index in [-0.39, 0.29) is 22.9 Å². The fourth-order valence-electron chi connectivity index (χ4n) is 2.88. The maximum Gasteiger partial charge on any atom is 0.251 e. The molecule has 0 spiro atoms. The Labute approximate surface area is 160 Å². The topological polar surface area (TPSA) is 105 Å². The molecule has 0 bridgehead atoms. The van der Waals surface area contributed by atoms with Crippen LogP contribution in [0.3, 0.4) is 0 Å². The van der Waals surface area contributed by atoms with Crippen molar-refractivity contribution in [2.24, 2.45) is 0 Å². The Bertz CT molecular complexity index is 773. The summed E-state index contributed by atoms with van der Waals surface area (Å²) in [4.78, 5) is 24.1. The highest BCUT2D eigenvalue weighted by Gasteiger charge is 2.28. The van der Waals surface area contributed by atoms with E-state index < -0.39 is 15.9 Å². The SMILES string of the molecule is COCCNC(=O)CNC(=O)c1ccc(C)c(S(=O)(=O)N2CCCCC2)c1. The first-order valence-electron chi connectivity index (χ1n) is 9.01. The molecule has 1 saturated heterocycles. The molecule has 27 heavy (non-hydrogen) atoms. The van der Waals surface area contributed by atoms with Crippen molar-refractivity contribution in [3.8, 4) is 0 Å². The molecule has 0 atom stereocenters. The Morgan fingerprint density at radius 3 is 2.52 bits per heavy atom. The molecule has 0 unspecified atom stereocenters. The van der Waals surface area contributed by atoms with E-state index in [9.17, 15) is 18.0 Å². The van der Waals surface area contributed by atoms with Crippen molar-refractivity contribution in [3.05, 3.63) is 29.3 Å². The number of hydrogen-bond acceptors (Lipinski definition) is 5. The quantitative estimate of drug-likeness (QED) is 0.627. The van der Waals surface area contributed by atoms with Gasteiger partial charge in [-0.3, -0.25) is 9.59 Å². The molecule has 1 aliphatic rings. The first-order chi connectivity index (χ1) is 12.9. The lowest BCUT2D eigenvalue weighted by Gasteiger charge is -2.26. The maximum atomic E-state index is 12.9. The van der Waals surface area contributed by atoms with Gasteiger partial charge in [-0.2, -0.15) is 4.31 Å². The van der Waals surface area contributed by atoms with Crippen molar-refractivity contribution < 1.29 is 22.7 Å². The second kappa shape index (κ2) is 9.82. The van der Waals surface area contributed by atoms with E-state index in [4.69, 9.17) is 4.74 Å². The van der Waals surface area contributed by atoms with Crippen LogP contribution in [-0.2, 0) is 19.6 Å². The molecule has 150 valence electrons. The highest BCUT2D eigenvalue weighted by atomic mass is 32.2. The van der Waals surface area contributed by atoms with Crippen LogP contribution < -0.4 is 10.6 Å². The van der Waals surface area contributed by atoms with Gasteiger partial charge in [0, 0.05) is 32.3 Å². The minimum atomic E-state index is -3.63. The summed E-state index contributed by atoms with van der Waals surface area (Å²) < 4.78 is 32.1. The van der Waals surface area contributed by atoms with E-state index in [0.29, 0.717) is 31.8 Å². The smallest absolute Gasteiger partial charge is 0.251 e. The summed E-state index contributed by atoms with van der Waals surface area (Å²) >= 11 is 0. The standard InChI is InChI=1S/C18H27N3O5S/c1-14-6-7-15(18(23)20-13-17(22)19-8-11-26-2)12-16(14)27(24,25)21-9-4-3-5-10-21/h6-7,12H,3-5,8-11,13H2,1-2H3,(H,19,22)(H,20,23). The van der Waals surface area contributed by atoms with E-state index in [1.807, 2.05) is 0 Å². The Balaban J connectivity index is 2.07. The zero-order chi connectivity index (χ0) is 19.9. The maximum absolute atomic E-state index is 12.9. The van der Waals surface area contributed by atoms with Gasteiger partial charge in [0.2, 0.25) is 15.9 Å². The van der Waals surface area contributed by atoms with Crippen molar-refractivity contribution >= 4 is 21.8 Å². The summed E-state index contributed by atoms with van der Waals surface area (Å²) in [5.74, 6) is -0.833. The van der Waals surface area contributed by atoms with Gasteiger partial charge in [0.25, 0.3) is 5.91 Å². The minimum absolute atomic E-state index is 0.140. The minimum Gasteiger partial charge on any atom is -0.383 e. The first kappa shape index (κ1) is 21.3. The van der Waals surface area contributed by atoms with Crippen LogP contribution >= 0.6 is 0 Å². The summed E-state index contributed by atoms with van der Waals surface area (Å²) in [6.07, 6.45) is 2.72. The number of nitrogens with one attached hydrogen (secondary N) is 2. The molecule has 9 heteroatoms. The van der Waals surface area contributed by atoms with Gasteiger partial charge < -0.3 is 15.4 Å². The van der Waals surface area contributed by atoms with E-state index in [2.05, 4.69) is 10.6 Å². The highest BCUT2D eigenvalue weighted by molar-refractivity contribution is 7.89. The highest BCUT2D eigenvalue weighted by Crippen LogP contribution is 2.24. The van der Waals surface area contributed by atoms with Crippen LogP contribution in [0.25, 0.3) is 0 Å². The van der Waals surface area contributed by atoms with Crippen LogP contribution in [0, 0.1) is 6.92 Å². The van der Waals surface area contributed by atoms with Crippen molar-refractivity contribution in [1.29, 1.82) is 0 Å². The predicted molar refractivity (Wildman–Crippen MR) is 101 cm³/mol. The monoisotopic (exact) mass is 397 g/mol. The average Bonchev–Trinajstić information content (AvgIpc) is 2.67. The molecular weight excluding hydrogens is 370 g/mol. The molecule has 8 nitrogen and oxygen atoms in total. The Hall–Kier alpha value is -1.97. The molecule has 0 aliphatic carbocycles. The van der Waals surface area contributed by atoms with Crippen LogP contribution in [0.1, 0.15) is 35.2 Å². The van der Waals surface area contributed by atoms with Crippen LogP contribution in [0.5, 0.6) is 0 Å². The van der Waals surface area contributed by atoms with Gasteiger partial charge in [-0.15, -0.1) is 0 Å². The van der Waals surface area contributed by atoms with E-state index in [1.165, 1.54) is 17.5 Å². The number of aryl methyl sites for hydroxylation is 1. The first-order valence-corrected chi connectivity index (χ1v) is 10.4. The summed E-state index contributed by atoms with van der Waals surface area (Å²) in [6.45, 7) is 3.26.